The monoisotopic (exact) mass is 352 g/mol. The van der Waals surface area contributed by atoms with Crippen LogP contribution in [-0.2, 0) is 16.3 Å². The molecule has 24 heavy (non-hydrogen) atoms. The normalized spacial score (nSPS) is 22.7. The van der Waals surface area contributed by atoms with Crippen molar-refractivity contribution in [3.05, 3.63) is 11.9 Å². The van der Waals surface area contributed by atoms with Crippen molar-refractivity contribution in [2.75, 3.05) is 0 Å². The smallest absolute Gasteiger partial charge is 0.228 e. The molecular weight excluding hydrogens is 324 g/mol. The lowest BCUT2D eigenvalue weighted by molar-refractivity contribution is -0.139. The number of nitrogens with zero attached hydrogens (tertiary/aromatic N) is 3. The predicted molar refractivity (Wildman–Crippen MR) is 93.1 cm³/mol. The van der Waals surface area contributed by atoms with E-state index in [0.717, 1.165) is 0 Å². The molecule has 1 amide bonds. The van der Waals surface area contributed by atoms with Gasteiger partial charge in [0.05, 0.1) is 24.3 Å². The van der Waals surface area contributed by atoms with Crippen LogP contribution in [0.3, 0.4) is 0 Å². The minimum absolute atomic E-state index is 0.0434. The molecule has 1 aromatic rings. The summed E-state index contributed by atoms with van der Waals surface area (Å²) in [4.78, 5) is 24.3. The number of Topliss-reactive ketones (excluding diaryl/α,β-unsaturated/α-hetero) is 1. The highest BCUT2D eigenvalue weighted by Crippen LogP contribution is 2.39. The first kappa shape index (κ1) is 18.8. The van der Waals surface area contributed by atoms with Crippen molar-refractivity contribution in [1.82, 2.24) is 20.3 Å². The molecule has 1 N–H and O–H groups in total. The maximum Gasteiger partial charge on any atom is 0.228 e. The first-order chi connectivity index (χ1) is 10.9. The molecule has 2 rings (SSSR count). The second-order valence-electron chi connectivity index (χ2n) is 8.13. The summed E-state index contributed by atoms with van der Waals surface area (Å²) >= 11 is 0. The van der Waals surface area contributed by atoms with Gasteiger partial charge in [-0.1, -0.05) is 26.0 Å². The number of aryl methyl sites for hydroxylation is 1. The second-order valence-corrected chi connectivity index (χ2v) is 12.9. The molecule has 0 bridgehead atoms. The molecule has 134 valence electrons. The molecule has 1 fully saturated rings. The lowest BCUT2D eigenvalue weighted by atomic mass is 9.83. The van der Waals surface area contributed by atoms with Gasteiger partial charge >= 0.3 is 0 Å². The number of hydrogen-bond donors (Lipinski definition) is 1. The van der Waals surface area contributed by atoms with Crippen molar-refractivity contribution in [3.63, 3.8) is 0 Å². The van der Waals surface area contributed by atoms with Gasteiger partial charge in [-0.2, -0.15) is 0 Å². The number of rotatable bonds is 6. The number of nitrogens with one attached hydrogen (secondary N) is 1. The molecule has 0 saturated carbocycles. The van der Waals surface area contributed by atoms with Crippen LogP contribution in [0, 0.1) is 5.92 Å². The summed E-state index contributed by atoms with van der Waals surface area (Å²) in [5, 5.41) is 10.5. The number of carbonyl (C=O) groups is 2. The molecule has 2 heterocycles. The molecule has 0 aliphatic carbocycles. The van der Waals surface area contributed by atoms with Gasteiger partial charge < -0.3 is 9.74 Å². The zero-order valence-electron chi connectivity index (χ0n) is 15.6. The third kappa shape index (κ3) is 3.75. The molecule has 0 spiro atoms. The highest BCUT2D eigenvalue weighted by Gasteiger charge is 2.48. The Morgan fingerprint density at radius 1 is 1.46 bits per heavy atom. The minimum Gasteiger partial charge on any atom is -0.413 e. The van der Waals surface area contributed by atoms with Gasteiger partial charge in [0.25, 0.3) is 0 Å². The topological polar surface area (TPSA) is 86.1 Å². The summed E-state index contributed by atoms with van der Waals surface area (Å²) in [6.45, 7) is 12.8. The summed E-state index contributed by atoms with van der Waals surface area (Å²) < 4.78 is 7.83. The Labute approximate surface area is 144 Å². The number of β-lactam (4-membered cyclic amide) rings is 1. The van der Waals surface area contributed by atoms with E-state index in [2.05, 4.69) is 49.5 Å². The van der Waals surface area contributed by atoms with Gasteiger partial charge in [-0.05, 0) is 25.1 Å². The molecule has 1 saturated heterocycles. The first-order valence-corrected chi connectivity index (χ1v) is 11.2. The average molecular weight is 353 g/mol. The highest BCUT2D eigenvalue weighted by atomic mass is 28.4. The third-order valence-corrected chi connectivity index (χ3v) is 9.72. The van der Waals surface area contributed by atoms with E-state index in [0.29, 0.717) is 5.69 Å². The van der Waals surface area contributed by atoms with Crippen LogP contribution in [0.2, 0.25) is 18.1 Å². The fourth-order valence-corrected chi connectivity index (χ4v) is 4.10. The van der Waals surface area contributed by atoms with Crippen LogP contribution in [0.4, 0.5) is 0 Å². The number of amides is 1. The fraction of sp³-hybridized carbons (Fsp3) is 0.750. The highest BCUT2D eigenvalue weighted by molar-refractivity contribution is 6.74. The Morgan fingerprint density at radius 2 is 2.08 bits per heavy atom. The van der Waals surface area contributed by atoms with Gasteiger partial charge in [0.2, 0.25) is 5.91 Å². The second kappa shape index (κ2) is 6.40. The van der Waals surface area contributed by atoms with Gasteiger partial charge in [-0.25, -0.2) is 0 Å². The van der Waals surface area contributed by atoms with Crippen molar-refractivity contribution in [2.45, 2.75) is 64.4 Å². The molecular formula is C16H28N4O3Si. The van der Waals surface area contributed by atoms with E-state index in [9.17, 15) is 9.59 Å². The third-order valence-electron chi connectivity index (χ3n) is 5.15. The molecule has 0 unspecified atom stereocenters. The van der Waals surface area contributed by atoms with Gasteiger partial charge in [0.1, 0.15) is 5.69 Å². The van der Waals surface area contributed by atoms with Crippen molar-refractivity contribution in [1.29, 1.82) is 0 Å². The van der Waals surface area contributed by atoms with Crippen LogP contribution < -0.4 is 5.32 Å². The summed E-state index contributed by atoms with van der Waals surface area (Å²) in [5.74, 6) is -0.449. The minimum atomic E-state index is -1.96. The summed E-state index contributed by atoms with van der Waals surface area (Å²) in [5.41, 5.74) is 0.329. The van der Waals surface area contributed by atoms with Gasteiger partial charge in [0, 0.05) is 13.5 Å². The molecule has 0 aromatic carbocycles. The van der Waals surface area contributed by atoms with E-state index < -0.39 is 8.32 Å². The van der Waals surface area contributed by atoms with Crippen molar-refractivity contribution >= 4 is 20.0 Å². The molecule has 0 radical (unpaired) electrons. The van der Waals surface area contributed by atoms with E-state index in [-0.39, 0.29) is 41.2 Å². The molecule has 1 aliphatic rings. The molecule has 1 aliphatic heterocycles. The van der Waals surface area contributed by atoms with E-state index in [4.69, 9.17) is 4.43 Å². The van der Waals surface area contributed by atoms with Crippen molar-refractivity contribution in [3.8, 4) is 0 Å². The number of carbonyl (C=O) groups excluding carboxylic acids is 2. The fourth-order valence-electron chi connectivity index (χ4n) is 2.67. The first-order valence-electron chi connectivity index (χ1n) is 8.30. The quantitative estimate of drug-likeness (QED) is 0.480. The summed E-state index contributed by atoms with van der Waals surface area (Å²) in [6.07, 6.45) is 1.60. The lowest BCUT2D eigenvalue weighted by Crippen LogP contribution is -2.64. The molecule has 7 nitrogen and oxygen atoms in total. The van der Waals surface area contributed by atoms with Crippen LogP contribution in [0.1, 0.15) is 44.6 Å². The molecule has 3 atom stereocenters. The van der Waals surface area contributed by atoms with Gasteiger partial charge in [-0.15, -0.1) is 5.10 Å². The number of ketones is 1. The SMILES string of the molecule is C[C@@H](O[Si](C)(C)C(C)(C)C)[C@H]1C(=O)N[C@@H]1CC(=O)c1cn(C)nn1. The van der Waals surface area contributed by atoms with E-state index in [1.807, 2.05) is 6.92 Å². The standard InChI is InChI=1S/C16H28N4O3Si/c1-10(23-24(6,7)16(2,3)4)14-11(17-15(14)22)8-13(21)12-9-20(5)19-18-12/h9-11,14H,8H2,1-7H3,(H,17,22)/t10-,11-,14-/m1/s1. The maximum absolute atomic E-state index is 12.3. The lowest BCUT2D eigenvalue weighted by Gasteiger charge is -2.45. The number of aromatic nitrogens is 3. The van der Waals surface area contributed by atoms with Crippen molar-refractivity contribution in [2.24, 2.45) is 13.0 Å². The van der Waals surface area contributed by atoms with Crippen LogP contribution >= 0.6 is 0 Å². The Kier molecular flexibility index (Phi) is 5.01. The van der Waals surface area contributed by atoms with E-state index in [1.165, 1.54) is 4.68 Å². The zero-order chi connectivity index (χ0) is 18.3. The Morgan fingerprint density at radius 3 is 2.54 bits per heavy atom. The predicted octanol–water partition coefficient (Wildman–Crippen LogP) is 1.91. The molecule has 1 aromatic heterocycles. The average Bonchev–Trinajstić information content (AvgIpc) is 2.82. The van der Waals surface area contributed by atoms with Crippen molar-refractivity contribution < 1.29 is 14.0 Å². The van der Waals surface area contributed by atoms with Crippen LogP contribution in [0.15, 0.2) is 6.20 Å². The van der Waals surface area contributed by atoms with E-state index >= 15 is 0 Å². The van der Waals surface area contributed by atoms with Crippen LogP contribution in [0.25, 0.3) is 0 Å². The Bertz CT molecular complexity index is 636. The molecule has 8 heteroatoms. The van der Waals surface area contributed by atoms with Gasteiger partial charge in [0.15, 0.2) is 14.1 Å². The Balaban J connectivity index is 2.01. The largest absolute Gasteiger partial charge is 0.413 e. The summed E-state index contributed by atoms with van der Waals surface area (Å²) in [7, 11) is -0.248. The zero-order valence-corrected chi connectivity index (χ0v) is 16.6. The Hall–Kier alpha value is -1.54. The van der Waals surface area contributed by atoms with E-state index in [1.54, 1.807) is 13.2 Å². The summed E-state index contributed by atoms with van der Waals surface area (Å²) in [6, 6.07) is -0.202. The maximum atomic E-state index is 12.3. The number of hydrogen-bond acceptors (Lipinski definition) is 5. The van der Waals surface area contributed by atoms with Crippen LogP contribution in [0.5, 0.6) is 0 Å². The van der Waals surface area contributed by atoms with Gasteiger partial charge in [-0.3, -0.25) is 14.3 Å². The van der Waals surface area contributed by atoms with Crippen LogP contribution in [-0.4, -0.2) is 47.1 Å².